The van der Waals surface area contributed by atoms with Gasteiger partial charge in [-0.1, -0.05) is 19.4 Å². The first-order valence-electron chi connectivity index (χ1n) is 7.20. The van der Waals surface area contributed by atoms with Gasteiger partial charge >= 0.3 is 0 Å². The summed E-state index contributed by atoms with van der Waals surface area (Å²) in [7, 11) is 0. The lowest BCUT2D eigenvalue weighted by molar-refractivity contribution is 0.431. The summed E-state index contributed by atoms with van der Waals surface area (Å²) in [4.78, 5) is 6.95. The normalized spacial score (nSPS) is 19.8. The van der Waals surface area contributed by atoms with E-state index in [0.29, 0.717) is 6.04 Å². The molecule has 1 fully saturated rings. The lowest BCUT2D eigenvalue weighted by atomic mass is 10.1. The van der Waals surface area contributed by atoms with Crippen LogP contribution >= 0.6 is 0 Å². The minimum Gasteiger partial charge on any atom is -0.368 e. The van der Waals surface area contributed by atoms with Gasteiger partial charge in [0, 0.05) is 42.9 Å². The zero-order valence-electron chi connectivity index (χ0n) is 11.5. The predicted octanol–water partition coefficient (Wildman–Crippen LogP) is 2.81. The van der Waals surface area contributed by atoms with E-state index >= 15 is 0 Å². The molecule has 1 atom stereocenters. The maximum absolute atomic E-state index is 4.45. The Morgan fingerprint density at radius 1 is 1.32 bits per heavy atom. The van der Waals surface area contributed by atoms with Crippen LogP contribution in [0, 0.1) is 0 Å². The Kier molecular flexibility index (Phi) is 3.65. The summed E-state index contributed by atoms with van der Waals surface area (Å²) >= 11 is 0. The standard InChI is InChI=1S/C16H21N3/c1-2-5-13-12-19(11-10-17-13)16-8-3-7-15-14(16)6-4-9-18-15/h3-4,6-9,13,17H,2,5,10-12H2,1H3. The predicted molar refractivity (Wildman–Crippen MR) is 80.7 cm³/mol. The van der Waals surface area contributed by atoms with E-state index in [9.17, 15) is 0 Å². The van der Waals surface area contributed by atoms with Crippen molar-refractivity contribution in [2.24, 2.45) is 0 Å². The first-order chi connectivity index (χ1) is 9.38. The number of nitrogens with zero attached hydrogens (tertiary/aromatic N) is 2. The molecule has 3 heteroatoms. The van der Waals surface area contributed by atoms with Crippen LogP contribution in [0.25, 0.3) is 10.9 Å². The van der Waals surface area contributed by atoms with Crippen molar-refractivity contribution >= 4 is 16.6 Å². The van der Waals surface area contributed by atoms with Gasteiger partial charge in [-0.15, -0.1) is 0 Å². The van der Waals surface area contributed by atoms with Crippen molar-refractivity contribution in [2.75, 3.05) is 24.5 Å². The van der Waals surface area contributed by atoms with Crippen molar-refractivity contribution in [3.8, 4) is 0 Å². The Morgan fingerprint density at radius 2 is 2.26 bits per heavy atom. The SMILES string of the molecule is CCCC1CN(c2cccc3ncccc23)CCN1. The molecule has 1 aliphatic rings. The fourth-order valence-corrected chi connectivity index (χ4v) is 2.95. The molecule has 0 radical (unpaired) electrons. The second-order valence-corrected chi connectivity index (χ2v) is 5.23. The van der Waals surface area contributed by atoms with Gasteiger partial charge in [-0.25, -0.2) is 0 Å². The van der Waals surface area contributed by atoms with Crippen LogP contribution in [-0.2, 0) is 0 Å². The summed E-state index contributed by atoms with van der Waals surface area (Å²) < 4.78 is 0. The third-order valence-corrected chi connectivity index (χ3v) is 3.86. The zero-order valence-corrected chi connectivity index (χ0v) is 11.5. The van der Waals surface area contributed by atoms with Crippen molar-refractivity contribution in [1.29, 1.82) is 0 Å². The van der Waals surface area contributed by atoms with Crippen LogP contribution in [0.2, 0.25) is 0 Å². The first kappa shape index (κ1) is 12.4. The van der Waals surface area contributed by atoms with Gasteiger partial charge in [-0.3, -0.25) is 4.98 Å². The molecule has 0 aliphatic carbocycles. The number of benzene rings is 1. The maximum Gasteiger partial charge on any atom is 0.0722 e. The van der Waals surface area contributed by atoms with Gasteiger partial charge in [-0.2, -0.15) is 0 Å². The van der Waals surface area contributed by atoms with Gasteiger partial charge in [0.25, 0.3) is 0 Å². The second-order valence-electron chi connectivity index (χ2n) is 5.23. The van der Waals surface area contributed by atoms with E-state index in [0.717, 1.165) is 25.2 Å². The van der Waals surface area contributed by atoms with Gasteiger partial charge in [-0.05, 0) is 30.7 Å². The van der Waals surface area contributed by atoms with Gasteiger partial charge in [0.1, 0.15) is 0 Å². The van der Waals surface area contributed by atoms with Crippen molar-refractivity contribution in [3.05, 3.63) is 36.5 Å². The Balaban J connectivity index is 1.91. The van der Waals surface area contributed by atoms with Crippen molar-refractivity contribution in [3.63, 3.8) is 0 Å². The Hall–Kier alpha value is -1.61. The highest BCUT2D eigenvalue weighted by Crippen LogP contribution is 2.26. The number of pyridine rings is 1. The van der Waals surface area contributed by atoms with Crippen molar-refractivity contribution < 1.29 is 0 Å². The highest BCUT2D eigenvalue weighted by atomic mass is 15.2. The third kappa shape index (κ3) is 2.56. The number of anilines is 1. The fraction of sp³-hybridized carbons (Fsp3) is 0.438. The molecule has 2 heterocycles. The molecule has 1 N–H and O–H groups in total. The monoisotopic (exact) mass is 255 g/mol. The van der Waals surface area contributed by atoms with Crippen molar-refractivity contribution in [1.82, 2.24) is 10.3 Å². The van der Waals surface area contributed by atoms with E-state index in [4.69, 9.17) is 0 Å². The van der Waals surface area contributed by atoms with Gasteiger partial charge < -0.3 is 10.2 Å². The molecule has 1 aromatic carbocycles. The molecule has 1 unspecified atom stereocenters. The quantitative estimate of drug-likeness (QED) is 0.914. The molecule has 2 aromatic rings. The van der Waals surface area contributed by atoms with Gasteiger partial charge in [0.15, 0.2) is 0 Å². The molecule has 1 saturated heterocycles. The Morgan fingerprint density at radius 3 is 3.16 bits per heavy atom. The van der Waals surface area contributed by atoms with E-state index < -0.39 is 0 Å². The first-order valence-corrected chi connectivity index (χ1v) is 7.20. The van der Waals surface area contributed by atoms with Crippen LogP contribution in [0.3, 0.4) is 0 Å². The molecule has 100 valence electrons. The lowest BCUT2D eigenvalue weighted by Crippen LogP contribution is -2.50. The highest BCUT2D eigenvalue weighted by molar-refractivity contribution is 5.91. The van der Waals surface area contributed by atoms with E-state index in [2.05, 4.69) is 46.4 Å². The summed E-state index contributed by atoms with van der Waals surface area (Å²) in [6.45, 7) is 5.50. The Bertz CT molecular complexity index is 545. The molecule has 3 nitrogen and oxygen atoms in total. The van der Waals surface area contributed by atoms with Gasteiger partial charge in [0.05, 0.1) is 5.52 Å². The van der Waals surface area contributed by atoms with Crippen LogP contribution in [0.5, 0.6) is 0 Å². The minimum absolute atomic E-state index is 0.616. The second kappa shape index (κ2) is 5.57. The van der Waals surface area contributed by atoms with Crippen LogP contribution < -0.4 is 10.2 Å². The molecule has 19 heavy (non-hydrogen) atoms. The zero-order chi connectivity index (χ0) is 13.1. The summed E-state index contributed by atoms with van der Waals surface area (Å²) in [5.41, 5.74) is 2.42. The number of fused-ring (bicyclic) bond motifs is 1. The van der Waals surface area contributed by atoms with Crippen LogP contribution in [0.4, 0.5) is 5.69 Å². The minimum atomic E-state index is 0.616. The van der Waals surface area contributed by atoms with E-state index in [1.54, 1.807) is 0 Å². The maximum atomic E-state index is 4.45. The lowest BCUT2D eigenvalue weighted by Gasteiger charge is -2.35. The molecule has 0 amide bonds. The summed E-state index contributed by atoms with van der Waals surface area (Å²) in [6.07, 6.45) is 4.35. The topological polar surface area (TPSA) is 28.2 Å². The molecule has 1 aliphatic heterocycles. The summed E-state index contributed by atoms with van der Waals surface area (Å²) in [5, 5.41) is 4.88. The smallest absolute Gasteiger partial charge is 0.0722 e. The van der Waals surface area contributed by atoms with Crippen LogP contribution in [0.1, 0.15) is 19.8 Å². The fourth-order valence-electron chi connectivity index (χ4n) is 2.95. The molecule has 1 aromatic heterocycles. The van der Waals surface area contributed by atoms with Crippen LogP contribution in [0.15, 0.2) is 36.5 Å². The number of rotatable bonds is 3. The van der Waals surface area contributed by atoms with Crippen LogP contribution in [-0.4, -0.2) is 30.7 Å². The number of hydrogen-bond acceptors (Lipinski definition) is 3. The molecular weight excluding hydrogens is 234 g/mol. The summed E-state index contributed by atoms with van der Waals surface area (Å²) in [6, 6.07) is 11.2. The van der Waals surface area contributed by atoms with E-state index in [-0.39, 0.29) is 0 Å². The molecule has 0 saturated carbocycles. The average Bonchev–Trinajstić information content (AvgIpc) is 2.47. The number of hydrogen-bond donors (Lipinski definition) is 1. The number of piperazine rings is 1. The molecule has 3 rings (SSSR count). The molecule has 0 spiro atoms. The summed E-state index contributed by atoms with van der Waals surface area (Å²) in [5.74, 6) is 0. The number of aromatic nitrogens is 1. The van der Waals surface area contributed by atoms with Gasteiger partial charge in [0.2, 0.25) is 0 Å². The van der Waals surface area contributed by atoms with E-state index in [1.807, 2.05) is 12.3 Å². The van der Waals surface area contributed by atoms with E-state index in [1.165, 1.54) is 23.9 Å². The third-order valence-electron chi connectivity index (χ3n) is 3.86. The Labute approximate surface area is 114 Å². The van der Waals surface area contributed by atoms with Crippen molar-refractivity contribution in [2.45, 2.75) is 25.8 Å². The highest BCUT2D eigenvalue weighted by Gasteiger charge is 2.19. The largest absolute Gasteiger partial charge is 0.368 e. The average molecular weight is 255 g/mol. The molecule has 0 bridgehead atoms. The molecular formula is C16H21N3. The number of nitrogens with one attached hydrogen (secondary N) is 1.